The quantitative estimate of drug-likeness (QED) is 0.887. The van der Waals surface area contributed by atoms with Gasteiger partial charge in [-0.3, -0.25) is 4.79 Å². The van der Waals surface area contributed by atoms with Crippen molar-refractivity contribution in [1.29, 1.82) is 0 Å². The summed E-state index contributed by atoms with van der Waals surface area (Å²) < 4.78 is 5.40. The van der Waals surface area contributed by atoms with Crippen LogP contribution in [0, 0.1) is 11.8 Å². The molecule has 0 aromatic carbocycles. The number of pyridine rings is 1. The van der Waals surface area contributed by atoms with Gasteiger partial charge in [0.25, 0.3) is 5.91 Å². The predicted molar refractivity (Wildman–Crippen MR) is 105 cm³/mol. The Morgan fingerprint density at radius 1 is 1.04 bits per heavy atom. The number of rotatable bonds is 3. The van der Waals surface area contributed by atoms with Gasteiger partial charge in [0.2, 0.25) is 0 Å². The molecule has 2 bridgehead atoms. The van der Waals surface area contributed by atoms with Crippen LogP contribution in [-0.2, 0) is 17.6 Å². The molecule has 1 saturated heterocycles. The lowest BCUT2D eigenvalue weighted by Gasteiger charge is -2.32. The molecule has 3 atom stereocenters. The molecule has 4 aliphatic rings. The summed E-state index contributed by atoms with van der Waals surface area (Å²) in [6.07, 6.45) is 13.1. The maximum atomic E-state index is 13.1. The number of nitrogens with zero attached hydrogens (tertiary/aromatic N) is 2. The highest BCUT2D eigenvalue weighted by molar-refractivity contribution is 5.96. The molecule has 1 aliphatic heterocycles. The van der Waals surface area contributed by atoms with E-state index in [2.05, 4.69) is 5.32 Å². The first kappa shape index (κ1) is 17.5. The molecule has 27 heavy (non-hydrogen) atoms. The molecule has 1 unspecified atom stereocenters. The molecule has 2 heterocycles. The van der Waals surface area contributed by atoms with Crippen molar-refractivity contribution in [1.82, 2.24) is 9.88 Å². The van der Waals surface area contributed by atoms with Gasteiger partial charge in [-0.1, -0.05) is 12.8 Å². The topological polar surface area (TPSA) is 54.5 Å². The van der Waals surface area contributed by atoms with Gasteiger partial charge >= 0.3 is 0 Å². The molecular formula is C22H31N3O2. The van der Waals surface area contributed by atoms with Crippen LogP contribution in [0.3, 0.4) is 0 Å². The first-order chi connectivity index (χ1) is 13.3. The van der Waals surface area contributed by atoms with E-state index in [0.717, 1.165) is 36.1 Å². The number of amides is 1. The fraction of sp³-hybridized carbons (Fsp3) is 0.727. The zero-order chi connectivity index (χ0) is 18.2. The summed E-state index contributed by atoms with van der Waals surface area (Å²) >= 11 is 0. The molecule has 1 amide bonds. The molecule has 1 aromatic heterocycles. The summed E-state index contributed by atoms with van der Waals surface area (Å²) in [6, 6.07) is 0.565. The largest absolute Gasteiger partial charge is 0.378 e. The second kappa shape index (κ2) is 7.42. The molecule has 3 fully saturated rings. The molecule has 3 aliphatic carbocycles. The van der Waals surface area contributed by atoms with Gasteiger partial charge in [-0.05, 0) is 67.9 Å². The van der Waals surface area contributed by atoms with E-state index in [4.69, 9.17) is 9.72 Å². The number of fused-ring (bicyclic) bond motifs is 3. The van der Waals surface area contributed by atoms with Crippen LogP contribution >= 0.6 is 0 Å². The number of nitrogens with one attached hydrogen (secondary N) is 1. The van der Waals surface area contributed by atoms with Crippen LogP contribution in [-0.4, -0.2) is 48.1 Å². The zero-order valence-corrected chi connectivity index (χ0v) is 16.2. The van der Waals surface area contributed by atoms with E-state index in [9.17, 15) is 4.79 Å². The zero-order valence-electron chi connectivity index (χ0n) is 16.2. The van der Waals surface area contributed by atoms with Crippen LogP contribution in [0.25, 0.3) is 0 Å². The predicted octanol–water partition coefficient (Wildman–Crippen LogP) is 3.42. The van der Waals surface area contributed by atoms with Gasteiger partial charge in [0.05, 0.1) is 18.8 Å². The monoisotopic (exact) mass is 369 g/mol. The van der Waals surface area contributed by atoms with E-state index in [-0.39, 0.29) is 5.91 Å². The number of anilines is 1. The van der Waals surface area contributed by atoms with Crippen molar-refractivity contribution in [3.8, 4) is 0 Å². The summed E-state index contributed by atoms with van der Waals surface area (Å²) in [5.41, 5.74) is 3.41. The number of carbonyl (C=O) groups is 1. The first-order valence-electron chi connectivity index (χ1n) is 10.9. The number of carbonyl (C=O) groups excluding carboxylic acids is 1. The molecule has 5 heteroatoms. The number of ether oxygens (including phenoxy) is 1. The Balaban J connectivity index is 1.39. The molecule has 2 saturated carbocycles. The normalized spacial score (nSPS) is 30.1. The van der Waals surface area contributed by atoms with Gasteiger partial charge < -0.3 is 15.0 Å². The molecule has 146 valence electrons. The summed E-state index contributed by atoms with van der Waals surface area (Å²) in [6.45, 7) is 2.67. The summed E-state index contributed by atoms with van der Waals surface area (Å²) in [5.74, 6) is 3.04. The fourth-order valence-corrected chi connectivity index (χ4v) is 5.81. The van der Waals surface area contributed by atoms with Gasteiger partial charge in [0, 0.05) is 25.3 Å². The highest BCUT2D eigenvalue weighted by Crippen LogP contribution is 2.43. The molecule has 1 N–H and O–H groups in total. The first-order valence-corrected chi connectivity index (χ1v) is 10.9. The van der Waals surface area contributed by atoms with Gasteiger partial charge in [0.15, 0.2) is 0 Å². The highest BCUT2D eigenvalue weighted by atomic mass is 16.5. The lowest BCUT2D eigenvalue weighted by Crippen LogP contribution is -2.41. The van der Waals surface area contributed by atoms with Gasteiger partial charge in [-0.15, -0.1) is 0 Å². The van der Waals surface area contributed by atoms with E-state index in [0.29, 0.717) is 32.3 Å². The third-order valence-corrected chi connectivity index (χ3v) is 7.16. The Kier molecular flexibility index (Phi) is 4.80. The minimum atomic E-state index is 0.145. The van der Waals surface area contributed by atoms with Crippen molar-refractivity contribution in [2.45, 2.75) is 63.8 Å². The lowest BCUT2D eigenvalue weighted by molar-refractivity contribution is 0.0301. The minimum absolute atomic E-state index is 0.145. The van der Waals surface area contributed by atoms with Crippen molar-refractivity contribution in [2.75, 3.05) is 31.6 Å². The van der Waals surface area contributed by atoms with Gasteiger partial charge in [-0.2, -0.15) is 0 Å². The lowest BCUT2D eigenvalue weighted by atomic mass is 9.84. The summed E-state index contributed by atoms with van der Waals surface area (Å²) in [7, 11) is 0. The van der Waals surface area contributed by atoms with Crippen LogP contribution in [0.4, 0.5) is 5.82 Å². The Bertz CT molecular complexity index is 702. The second-order valence-corrected chi connectivity index (χ2v) is 8.95. The van der Waals surface area contributed by atoms with Crippen molar-refractivity contribution in [3.63, 3.8) is 0 Å². The van der Waals surface area contributed by atoms with Gasteiger partial charge in [0.1, 0.15) is 5.82 Å². The maximum absolute atomic E-state index is 13.1. The second-order valence-electron chi connectivity index (χ2n) is 8.95. The standard InChI is InChI=1S/C22H31N3O2/c26-22(25-7-9-27-10-8-25)20-14-23-21(19-4-2-1-3-18(19)20)24-17-12-15-5-6-16(11-15)13-17/h14-17H,1-13H2,(H,23,24)/t15-,16+,17?. The molecule has 1 aromatic rings. The van der Waals surface area contributed by atoms with E-state index >= 15 is 0 Å². The molecule has 0 spiro atoms. The van der Waals surface area contributed by atoms with E-state index in [1.165, 1.54) is 56.1 Å². The van der Waals surface area contributed by atoms with Crippen molar-refractivity contribution >= 4 is 11.7 Å². The number of morpholine rings is 1. The Morgan fingerprint density at radius 3 is 2.48 bits per heavy atom. The van der Waals surface area contributed by atoms with E-state index < -0.39 is 0 Å². The Hall–Kier alpha value is -1.62. The SMILES string of the molecule is O=C(c1cnc(NC2C[C@H]3CC[C@@H](C2)C3)c2c1CCCC2)N1CCOCC1. The minimum Gasteiger partial charge on any atom is -0.378 e. The molecular weight excluding hydrogens is 338 g/mol. The third-order valence-electron chi connectivity index (χ3n) is 7.16. The average Bonchev–Trinajstić information content (AvgIpc) is 3.06. The number of aromatic nitrogens is 1. The Labute approximate surface area is 161 Å². The van der Waals surface area contributed by atoms with Crippen molar-refractivity contribution in [3.05, 3.63) is 22.9 Å². The number of hydrogen-bond acceptors (Lipinski definition) is 4. The van der Waals surface area contributed by atoms with Crippen LogP contribution < -0.4 is 5.32 Å². The average molecular weight is 370 g/mol. The fourth-order valence-electron chi connectivity index (χ4n) is 5.81. The molecule has 0 radical (unpaired) electrons. The third kappa shape index (κ3) is 3.46. The van der Waals surface area contributed by atoms with Crippen LogP contribution in [0.15, 0.2) is 6.20 Å². The van der Waals surface area contributed by atoms with Gasteiger partial charge in [-0.25, -0.2) is 4.98 Å². The van der Waals surface area contributed by atoms with E-state index in [1.807, 2.05) is 11.1 Å². The maximum Gasteiger partial charge on any atom is 0.255 e. The smallest absolute Gasteiger partial charge is 0.255 e. The summed E-state index contributed by atoms with van der Waals surface area (Å²) in [5, 5.41) is 3.80. The van der Waals surface area contributed by atoms with Crippen molar-refractivity contribution in [2.24, 2.45) is 11.8 Å². The molecule has 5 nitrogen and oxygen atoms in total. The van der Waals surface area contributed by atoms with Crippen LogP contribution in [0.1, 0.15) is 66.4 Å². The number of hydrogen-bond donors (Lipinski definition) is 1. The van der Waals surface area contributed by atoms with Crippen LogP contribution in [0.5, 0.6) is 0 Å². The molecule has 5 rings (SSSR count). The highest BCUT2D eigenvalue weighted by Gasteiger charge is 2.35. The van der Waals surface area contributed by atoms with E-state index in [1.54, 1.807) is 0 Å². The van der Waals surface area contributed by atoms with Crippen molar-refractivity contribution < 1.29 is 9.53 Å². The Morgan fingerprint density at radius 2 is 1.74 bits per heavy atom. The summed E-state index contributed by atoms with van der Waals surface area (Å²) in [4.78, 5) is 19.8. The van der Waals surface area contributed by atoms with Crippen LogP contribution in [0.2, 0.25) is 0 Å².